The van der Waals surface area contributed by atoms with Crippen LogP contribution in [0.5, 0.6) is 5.75 Å². The van der Waals surface area contributed by atoms with Crippen LogP contribution >= 0.6 is 0 Å². The van der Waals surface area contributed by atoms with Crippen molar-refractivity contribution in [2.45, 2.75) is 13.8 Å². The van der Waals surface area contributed by atoms with Crippen molar-refractivity contribution in [1.82, 2.24) is 0 Å². The van der Waals surface area contributed by atoms with E-state index in [1.807, 2.05) is 6.92 Å². The summed E-state index contributed by atoms with van der Waals surface area (Å²) in [7, 11) is 0. The number of hydrogen-bond donors (Lipinski definition) is 1. The van der Waals surface area contributed by atoms with Crippen LogP contribution in [0.15, 0.2) is 42.5 Å². The van der Waals surface area contributed by atoms with Gasteiger partial charge in [-0.15, -0.1) is 0 Å². The van der Waals surface area contributed by atoms with Gasteiger partial charge in [-0.05, 0) is 49.7 Å². The van der Waals surface area contributed by atoms with E-state index in [9.17, 15) is 14.3 Å². The molecule has 0 unspecified atom stereocenters. The third-order valence-corrected chi connectivity index (χ3v) is 3.12. The Hall–Kier alpha value is -2.36. The Bertz CT molecular complexity index is 640. The average molecular weight is 273 g/mol. The van der Waals surface area contributed by atoms with E-state index in [4.69, 9.17) is 0 Å². The molecule has 3 nitrogen and oxygen atoms in total. The van der Waals surface area contributed by atoms with Crippen LogP contribution in [0.4, 0.5) is 10.1 Å². The molecule has 0 fully saturated rings. The summed E-state index contributed by atoms with van der Waals surface area (Å²) in [6.45, 7) is 4.01. The molecule has 0 radical (unpaired) electrons. The highest BCUT2D eigenvalue weighted by atomic mass is 19.1. The third-order valence-electron chi connectivity index (χ3n) is 3.12. The van der Waals surface area contributed by atoms with E-state index in [-0.39, 0.29) is 17.5 Å². The molecular weight excluding hydrogens is 257 g/mol. The van der Waals surface area contributed by atoms with Crippen molar-refractivity contribution in [3.05, 3.63) is 59.4 Å². The Morgan fingerprint density at radius 3 is 2.60 bits per heavy atom. The molecule has 20 heavy (non-hydrogen) atoms. The molecule has 0 bridgehead atoms. The lowest BCUT2D eigenvalue weighted by molar-refractivity contribution is 0.0987. The number of halogens is 1. The lowest BCUT2D eigenvalue weighted by Crippen LogP contribution is -2.31. The van der Waals surface area contributed by atoms with Gasteiger partial charge in [-0.3, -0.25) is 4.79 Å². The number of amides is 1. The van der Waals surface area contributed by atoms with Gasteiger partial charge in [0, 0.05) is 23.9 Å². The molecule has 0 aromatic heterocycles. The molecule has 1 amide bonds. The topological polar surface area (TPSA) is 40.5 Å². The minimum atomic E-state index is -0.362. The Balaban J connectivity index is 2.39. The molecule has 2 aromatic carbocycles. The molecule has 0 aliphatic rings. The number of phenols is 1. The van der Waals surface area contributed by atoms with Gasteiger partial charge in [0.2, 0.25) is 0 Å². The van der Waals surface area contributed by atoms with Gasteiger partial charge in [0.15, 0.2) is 0 Å². The summed E-state index contributed by atoms with van der Waals surface area (Å²) in [5, 5.41) is 9.51. The normalized spacial score (nSPS) is 10.3. The standard InChI is InChI=1S/C16H16FNO2/c1-3-18(13-5-4-6-14(19)10-13)16(20)15-8-7-12(17)9-11(15)2/h4-10,19H,3H2,1-2H3. The number of nitrogens with zero attached hydrogens (tertiary/aromatic N) is 1. The van der Waals surface area contributed by atoms with Gasteiger partial charge >= 0.3 is 0 Å². The van der Waals surface area contributed by atoms with Gasteiger partial charge in [0.1, 0.15) is 11.6 Å². The number of hydrogen-bond acceptors (Lipinski definition) is 2. The van der Waals surface area contributed by atoms with E-state index in [0.717, 1.165) is 0 Å². The Morgan fingerprint density at radius 2 is 2.00 bits per heavy atom. The molecular formula is C16H16FNO2. The quantitative estimate of drug-likeness (QED) is 0.929. The Kier molecular flexibility index (Phi) is 4.03. The van der Waals surface area contributed by atoms with Gasteiger partial charge in [0.25, 0.3) is 5.91 Å². The van der Waals surface area contributed by atoms with Crippen LogP contribution in [-0.2, 0) is 0 Å². The number of anilines is 1. The van der Waals surface area contributed by atoms with Crippen molar-refractivity contribution in [3.8, 4) is 5.75 Å². The lowest BCUT2D eigenvalue weighted by Gasteiger charge is -2.22. The summed E-state index contributed by atoms with van der Waals surface area (Å²) in [4.78, 5) is 14.1. The van der Waals surface area contributed by atoms with Crippen LogP contribution in [-0.4, -0.2) is 17.6 Å². The highest BCUT2D eigenvalue weighted by molar-refractivity contribution is 6.07. The van der Waals surface area contributed by atoms with Gasteiger partial charge in [0.05, 0.1) is 0 Å². The van der Waals surface area contributed by atoms with Crippen LogP contribution in [0.2, 0.25) is 0 Å². The van der Waals surface area contributed by atoms with Crippen molar-refractivity contribution in [2.24, 2.45) is 0 Å². The summed E-state index contributed by atoms with van der Waals surface area (Å²) < 4.78 is 13.1. The first-order valence-corrected chi connectivity index (χ1v) is 6.40. The molecule has 2 rings (SSSR count). The lowest BCUT2D eigenvalue weighted by atomic mass is 10.1. The fourth-order valence-corrected chi connectivity index (χ4v) is 2.12. The first-order valence-electron chi connectivity index (χ1n) is 6.40. The largest absolute Gasteiger partial charge is 0.508 e. The molecule has 0 heterocycles. The number of rotatable bonds is 3. The van der Waals surface area contributed by atoms with Crippen molar-refractivity contribution in [2.75, 3.05) is 11.4 Å². The smallest absolute Gasteiger partial charge is 0.258 e. The van der Waals surface area contributed by atoms with Gasteiger partial charge in [-0.2, -0.15) is 0 Å². The molecule has 4 heteroatoms. The summed E-state index contributed by atoms with van der Waals surface area (Å²) in [6.07, 6.45) is 0. The first-order chi connectivity index (χ1) is 9.52. The number of phenolic OH excluding ortho intramolecular Hbond substituents is 1. The molecule has 0 saturated carbocycles. The van der Waals surface area contributed by atoms with Crippen molar-refractivity contribution < 1.29 is 14.3 Å². The van der Waals surface area contributed by atoms with E-state index < -0.39 is 0 Å². The van der Waals surface area contributed by atoms with Gasteiger partial charge < -0.3 is 10.0 Å². The number of carbonyl (C=O) groups excluding carboxylic acids is 1. The number of carbonyl (C=O) groups is 1. The second-order valence-corrected chi connectivity index (χ2v) is 4.53. The van der Waals surface area contributed by atoms with Crippen LogP contribution in [0, 0.1) is 12.7 Å². The zero-order chi connectivity index (χ0) is 14.7. The number of aryl methyl sites for hydroxylation is 1. The van der Waals surface area contributed by atoms with Crippen molar-refractivity contribution in [1.29, 1.82) is 0 Å². The molecule has 0 saturated heterocycles. The number of benzene rings is 2. The molecule has 104 valence electrons. The average Bonchev–Trinajstić information content (AvgIpc) is 2.39. The monoisotopic (exact) mass is 273 g/mol. The maximum atomic E-state index is 13.1. The fraction of sp³-hybridized carbons (Fsp3) is 0.188. The summed E-state index contributed by atoms with van der Waals surface area (Å²) in [5.41, 5.74) is 1.66. The van der Waals surface area contributed by atoms with Crippen LogP contribution in [0.25, 0.3) is 0 Å². The molecule has 0 aliphatic carbocycles. The summed E-state index contributed by atoms with van der Waals surface area (Å²) in [6, 6.07) is 10.6. The van der Waals surface area contributed by atoms with Crippen LogP contribution in [0.1, 0.15) is 22.8 Å². The molecule has 1 N–H and O–H groups in total. The van der Waals surface area contributed by atoms with E-state index in [0.29, 0.717) is 23.4 Å². The maximum absolute atomic E-state index is 13.1. The van der Waals surface area contributed by atoms with Crippen molar-refractivity contribution in [3.63, 3.8) is 0 Å². The first kappa shape index (κ1) is 14.1. The van der Waals surface area contributed by atoms with E-state index in [2.05, 4.69) is 0 Å². The van der Waals surface area contributed by atoms with Gasteiger partial charge in [-0.1, -0.05) is 6.07 Å². The zero-order valence-corrected chi connectivity index (χ0v) is 11.4. The van der Waals surface area contributed by atoms with Crippen molar-refractivity contribution >= 4 is 11.6 Å². The molecule has 2 aromatic rings. The summed E-state index contributed by atoms with van der Waals surface area (Å²) >= 11 is 0. The SMILES string of the molecule is CCN(C(=O)c1ccc(F)cc1C)c1cccc(O)c1. The molecule has 0 spiro atoms. The predicted octanol–water partition coefficient (Wildman–Crippen LogP) is 3.51. The minimum Gasteiger partial charge on any atom is -0.508 e. The second-order valence-electron chi connectivity index (χ2n) is 4.53. The highest BCUT2D eigenvalue weighted by Crippen LogP contribution is 2.23. The second kappa shape index (κ2) is 5.74. The maximum Gasteiger partial charge on any atom is 0.258 e. The minimum absolute atomic E-state index is 0.101. The fourth-order valence-electron chi connectivity index (χ4n) is 2.12. The van der Waals surface area contributed by atoms with E-state index >= 15 is 0 Å². The zero-order valence-electron chi connectivity index (χ0n) is 11.4. The molecule has 0 atom stereocenters. The number of aromatic hydroxyl groups is 1. The Morgan fingerprint density at radius 1 is 1.25 bits per heavy atom. The van der Waals surface area contributed by atoms with Gasteiger partial charge in [-0.25, -0.2) is 4.39 Å². The van der Waals surface area contributed by atoms with Crippen LogP contribution in [0.3, 0.4) is 0 Å². The predicted molar refractivity (Wildman–Crippen MR) is 76.6 cm³/mol. The highest BCUT2D eigenvalue weighted by Gasteiger charge is 2.18. The molecule has 0 aliphatic heterocycles. The van der Waals surface area contributed by atoms with E-state index in [1.165, 1.54) is 24.3 Å². The van der Waals surface area contributed by atoms with Crippen LogP contribution < -0.4 is 4.90 Å². The third kappa shape index (κ3) is 2.79. The Labute approximate surface area is 117 Å². The summed E-state index contributed by atoms with van der Waals surface area (Å²) in [5.74, 6) is -0.473. The van der Waals surface area contributed by atoms with E-state index in [1.54, 1.807) is 30.0 Å².